The Morgan fingerprint density at radius 1 is 1.15 bits per heavy atom. The Kier molecular flexibility index (Phi) is 7.55. The van der Waals surface area contributed by atoms with Gasteiger partial charge in [-0.3, -0.25) is 4.79 Å². The lowest BCUT2D eigenvalue weighted by Gasteiger charge is -2.39. The van der Waals surface area contributed by atoms with E-state index >= 15 is 0 Å². The van der Waals surface area contributed by atoms with E-state index in [1.54, 1.807) is 6.92 Å². The van der Waals surface area contributed by atoms with Crippen molar-refractivity contribution in [3.63, 3.8) is 0 Å². The number of aliphatic hydroxyl groups excluding tert-OH is 4. The summed E-state index contributed by atoms with van der Waals surface area (Å²) >= 11 is 0. The Morgan fingerprint density at radius 2 is 1.81 bits per heavy atom. The molecule has 2 rings (SSSR count). The first-order chi connectivity index (χ1) is 12.4. The van der Waals surface area contributed by atoms with Crippen molar-refractivity contribution in [2.75, 3.05) is 6.61 Å². The van der Waals surface area contributed by atoms with Crippen molar-refractivity contribution in [1.82, 2.24) is 0 Å². The largest absolute Gasteiger partial charge is 0.432 e. The van der Waals surface area contributed by atoms with Crippen molar-refractivity contribution < 1.29 is 34.7 Å². The fourth-order valence-corrected chi connectivity index (χ4v) is 2.87. The van der Waals surface area contributed by atoms with Crippen molar-refractivity contribution in [3.8, 4) is 0 Å². The van der Waals surface area contributed by atoms with E-state index in [0.717, 1.165) is 24.8 Å². The van der Waals surface area contributed by atoms with E-state index in [-0.39, 0.29) is 0 Å². The predicted molar refractivity (Wildman–Crippen MR) is 93.3 cm³/mol. The molecule has 1 fully saturated rings. The van der Waals surface area contributed by atoms with Gasteiger partial charge in [0, 0.05) is 0 Å². The normalized spacial score (nSPS) is 30.0. The lowest BCUT2D eigenvalue weighted by atomic mass is 9.98. The first kappa shape index (κ1) is 20.8. The van der Waals surface area contributed by atoms with Gasteiger partial charge in [0.15, 0.2) is 0 Å². The Labute approximate surface area is 153 Å². The molecule has 1 aromatic carbocycles. The number of esters is 1. The Bertz CT molecular complexity index is 572. The molecule has 1 unspecified atom stereocenters. The van der Waals surface area contributed by atoms with Crippen LogP contribution in [0.5, 0.6) is 0 Å². The number of aryl methyl sites for hydroxylation is 1. The number of unbranched alkanes of at least 4 members (excludes halogenated alkanes) is 1. The molecule has 0 aromatic heterocycles. The quantitative estimate of drug-likeness (QED) is 0.517. The highest BCUT2D eigenvalue weighted by Crippen LogP contribution is 2.25. The average Bonchev–Trinajstić information content (AvgIpc) is 2.66. The van der Waals surface area contributed by atoms with Gasteiger partial charge in [0.05, 0.1) is 12.5 Å². The lowest BCUT2D eigenvalue weighted by molar-refractivity contribution is -0.293. The van der Waals surface area contributed by atoms with Crippen LogP contribution in [0.25, 0.3) is 0 Å². The summed E-state index contributed by atoms with van der Waals surface area (Å²) in [4.78, 5) is 12.4. The molecule has 4 N–H and O–H groups in total. The number of carbonyl (C=O) groups is 1. The van der Waals surface area contributed by atoms with E-state index in [2.05, 4.69) is 6.92 Å². The van der Waals surface area contributed by atoms with Crippen LogP contribution in [0, 0.1) is 0 Å². The molecule has 146 valence electrons. The summed E-state index contributed by atoms with van der Waals surface area (Å²) in [7, 11) is 0. The Hall–Kier alpha value is -1.51. The Morgan fingerprint density at radius 3 is 2.38 bits per heavy atom. The molecule has 0 radical (unpaired) electrons. The molecule has 1 heterocycles. The first-order valence-corrected chi connectivity index (χ1v) is 8.98. The molecule has 1 aromatic rings. The summed E-state index contributed by atoms with van der Waals surface area (Å²) < 4.78 is 10.4. The molecular formula is C19H28O7. The topological polar surface area (TPSA) is 116 Å². The van der Waals surface area contributed by atoms with Crippen molar-refractivity contribution in [1.29, 1.82) is 0 Å². The monoisotopic (exact) mass is 368 g/mol. The minimum absolute atomic E-state index is 0.576. The highest BCUT2D eigenvalue weighted by atomic mass is 16.7. The third kappa shape index (κ3) is 4.81. The van der Waals surface area contributed by atoms with Crippen LogP contribution in [0.4, 0.5) is 0 Å². The predicted octanol–water partition coefficient (Wildman–Crippen LogP) is 0.476. The van der Waals surface area contributed by atoms with E-state index in [1.165, 1.54) is 5.56 Å². The van der Waals surface area contributed by atoms with Crippen LogP contribution in [0.2, 0.25) is 0 Å². The van der Waals surface area contributed by atoms with Crippen LogP contribution in [0.15, 0.2) is 24.3 Å². The molecule has 0 aliphatic carbocycles. The van der Waals surface area contributed by atoms with Crippen LogP contribution in [-0.4, -0.2) is 63.7 Å². The third-order valence-electron chi connectivity index (χ3n) is 4.73. The van der Waals surface area contributed by atoms with E-state index < -0.39 is 49.2 Å². The van der Waals surface area contributed by atoms with Crippen molar-refractivity contribution >= 4 is 5.97 Å². The first-order valence-electron chi connectivity index (χ1n) is 8.98. The molecule has 7 heteroatoms. The summed E-state index contributed by atoms with van der Waals surface area (Å²) in [5.41, 5.74) is 1.96. The second kappa shape index (κ2) is 9.43. The number of aliphatic hydroxyl groups is 4. The van der Waals surface area contributed by atoms with Gasteiger partial charge in [-0.1, -0.05) is 37.6 Å². The molecule has 7 nitrogen and oxygen atoms in total. The van der Waals surface area contributed by atoms with Gasteiger partial charge in [0.25, 0.3) is 0 Å². The molecule has 0 bridgehead atoms. The van der Waals surface area contributed by atoms with Gasteiger partial charge < -0.3 is 29.9 Å². The zero-order chi connectivity index (χ0) is 19.3. The minimum atomic E-state index is -1.60. The van der Waals surface area contributed by atoms with Gasteiger partial charge in [0.2, 0.25) is 6.29 Å². The molecule has 1 aliphatic heterocycles. The Balaban J connectivity index is 1.99. The molecule has 0 saturated carbocycles. The summed E-state index contributed by atoms with van der Waals surface area (Å²) in [5.74, 6) is -1.22. The number of hydrogen-bond donors (Lipinski definition) is 4. The maximum atomic E-state index is 12.4. The molecular weight excluding hydrogens is 340 g/mol. The van der Waals surface area contributed by atoms with Crippen LogP contribution in [0.1, 0.15) is 43.7 Å². The van der Waals surface area contributed by atoms with E-state index in [0.29, 0.717) is 0 Å². The molecule has 6 atom stereocenters. The summed E-state index contributed by atoms with van der Waals surface area (Å²) in [6.07, 6.45) is -4.02. The van der Waals surface area contributed by atoms with Crippen LogP contribution >= 0.6 is 0 Å². The second-order valence-electron chi connectivity index (χ2n) is 6.70. The fourth-order valence-electron chi connectivity index (χ4n) is 2.87. The van der Waals surface area contributed by atoms with Gasteiger partial charge >= 0.3 is 5.97 Å². The van der Waals surface area contributed by atoms with E-state index in [4.69, 9.17) is 9.47 Å². The number of benzene rings is 1. The highest BCUT2D eigenvalue weighted by molar-refractivity contribution is 5.77. The number of ether oxygens (including phenoxy) is 2. The minimum Gasteiger partial charge on any atom is -0.432 e. The zero-order valence-corrected chi connectivity index (χ0v) is 15.1. The number of rotatable bonds is 7. The summed E-state index contributed by atoms with van der Waals surface area (Å²) in [5, 5.41) is 38.6. The molecule has 0 amide bonds. The standard InChI is InChI=1S/C19H28O7/c1-3-4-5-12-6-8-13(9-7-12)11(2)18(24)26-19-17(23)16(22)15(21)14(10-20)25-19/h6-9,11,14-17,19-23H,3-5,10H2,1-2H3/t11?,14-,15-,16+,17-,19+/m1/s1. The van der Waals surface area contributed by atoms with Crippen LogP contribution < -0.4 is 0 Å². The van der Waals surface area contributed by atoms with Gasteiger partial charge in [-0.25, -0.2) is 0 Å². The molecule has 26 heavy (non-hydrogen) atoms. The van der Waals surface area contributed by atoms with Crippen LogP contribution in [-0.2, 0) is 20.7 Å². The fraction of sp³-hybridized carbons (Fsp3) is 0.632. The smallest absolute Gasteiger partial charge is 0.315 e. The highest BCUT2D eigenvalue weighted by Gasteiger charge is 2.45. The average molecular weight is 368 g/mol. The van der Waals surface area contributed by atoms with Crippen molar-refractivity contribution in [2.24, 2.45) is 0 Å². The van der Waals surface area contributed by atoms with Crippen molar-refractivity contribution in [3.05, 3.63) is 35.4 Å². The van der Waals surface area contributed by atoms with E-state index in [9.17, 15) is 25.2 Å². The zero-order valence-electron chi connectivity index (χ0n) is 15.1. The van der Waals surface area contributed by atoms with Gasteiger partial charge in [-0.15, -0.1) is 0 Å². The summed E-state index contributed by atoms with van der Waals surface area (Å²) in [6, 6.07) is 7.68. The van der Waals surface area contributed by atoms with Crippen molar-refractivity contribution in [2.45, 2.75) is 69.7 Å². The number of hydrogen-bond acceptors (Lipinski definition) is 7. The molecule has 1 saturated heterocycles. The molecule has 1 aliphatic rings. The van der Waals surface area contributed by atoms with Gasteiger partial charge in [-0.2, -0.15) is 0 Å². The van der Waals surface area contributed by atoms with Gasteiger partial charge in [-0.05, 0) is 30.9 Å². The maximum absolute atomic E-state index is 12.4. The third-order valence-corrected chi connectivity index (χ3v) is 4.73. The number of carbonyl (C=O) groups excluding carboxylic acids is 1. The maximum Gasteiger partial charge on any atom is 0.315 e. The van der Waals surface area contributed by atoms with E-state index in [1.807, 2.05) is 24.3 Å². The molecule has 0 spiro atoms. The van der Waals surface area contributed by atoms with Gasteiger partial charge in [0.1, 0.15) is 24.4 Å². The van der Waals surface area contributed by atoms with Crippen LogP contribution in [0.3, 0.4) is 0 Å². The lowest BCUT2D eigenvalue weighted by Crippen LogP contribution is -2.59. The summed E-state index contributed by atoms with van der Waals surface area (Å²) in [6.45, 7) is 3.23. The SMILES string of the molecule is CCCCc1ccc(C(C)C(=O)O[C@@H]2O[C@H](CO)[C@@H](O)[C@H](O)[C@H]2O)cc1. The second-order valence-corrected chi connectivity index (χ2v) is 6.70.